The molecule has 0 aliphatic rings. The van der Waals surface area contributed by atoms with Crippen molar-refractivity contribution in [3.05, 3.63) is 33.9 Å². The van der Waals surface area contributed by atoms with Crippen molar-refractivity contribution in [2.45, 2.75) is 33.1 Å². The van der Waals surface area contributed by atoms with Crippen LogP contribution in [0.3, 0.4) is 0 Å². The van der Waals surface area contributed by atoms with Gasteiger partial charge in [0.15, 0.2) is 5.75 Å². The number of rotatable bonds is 10. The summed E-state index contributed by atoms with van der Waals surface area (Å²) in [5.74, 6) is -1.16. The summed E-state index contributed by atoms with van der Waals surface area (Å²) in [6, 6.07) is 4.10. The quantitative estimate of drug-likeness (QED) is 0.273. The van der Waals surface area contributed by atoms with Gasteiger partial charge in [-0.05, 0) is 18.6 Å². The molecule has 8 nitrogen and oxygen atoms in total. The van der Waals surface area contributed by atoms with Gasteiger partial charge >= 0.3 is 11.7 Å². The molecule has 0 aromatic heterocycles. The number of carbonyl (C=O) groups is 2. The van der Waals surface area contributed by atoms with Crippen LogP contribution < -0.4 is 4.74 Å². The topological polar surface area (TPSA) is 99.0 Å². The van der Waals surface area contributed by atoms with Crippen LogP contribution in [-0.4, -0.2) is 49.0 Å². The van der Waals surface area contributed by atoms with Crippen molar-refractivity contribution in [2.24, 2.45) is 5.92 Å². The summed E-state index contributed by atoms with van der Waals surface area (Å²) in [6.45, 7) is 4.39. The van der Waals surface area contributed by atoms with Crippen LogP contribution in [0.15, 0.2) is 18.2 Å². The molecular weight excluding hydrogens is 340 g/mol. The van der Waals surface area contributed by atoms with E-state index in [1.54, 1.807) is 11.8 Å². The van der Waals surface area contributed by atoms with Crippen molar-refractivity contribution >= 4 is 17.6 Å². The Hall–Kier alpha value is -2.64. The van der Waals surface area contributed by atoms with Crippen LogP contribution in [-0.2, 0) is 9.53 Å². The van der Waals surface area contributed by atoms with Crippen LogP contribution in [0.2, 0.25) is 0 Å². The van der Waals surface area contributed by atoms with E-state index in [9.17, 15) is 19.7 Å². The SMILES string of the molecule is CCCCCN(CC(C)C(=O)OC)C(=O)c1ccc(OC)c([N+](=O)[O-])c1. The fourth-order valence-corrected chi connectivity index (χ4v) is 2.58. The summed E-state index contributed by atoms with van der Waals surface area (Å²) in [5.41, 5.74) is -0.0843. The zero-order valence-corrected chi connectivity index (χ0v) is 15.7. The summed E-state index contributed by atoms with van der Waals surface area (Å²) in [6.07, 6.45) is 2.72. The smallest absolute Gasteiger partial charge is 0.311 e. The van der Waals surface area contributed by atoms with E-state index in [0.717, 1.165) is 19.3 Å². The van der Waals surface area contributed by atoms with Crippen molar-refractivity contribution in [1.82, 2.24) is 4.90 Å². The highest BCUT2D eigenvalue weighted by atomic mass is 16.6. The standard InChI is InChI=1S/C18H26N2O6/c1-5-6-7-10-19(12-13(2)18(22)26-4)17(21)14-8-9-16(25-3)15(11-14)20(23)24/h8-9,11,13H,5-7,10,12H2,1-4H3. The number of amides is 1. The van der Waals surface area contributed by atoms with E-state index in [2.05, 4.69) is 6.92 Å². The molecule has 0 bridgehead atoms. The van der Waals surface area contributed by atoms with Crippen LogP contribution in [0.5, 0.6) is 5.75 Å². The normalized spacial score (nSPS) is 11.5. The lowest BCUT2D eigenvalue weighted by Gasteiger charge is -2.25. The minimum absolute atomic E-state index is 0.0898. The Morgan fingerprint density at radius 1 is 1.27 bits per heavy atom. The van der Waals surface area contributed by atoms with Gasteiger partial charge in [0.05, 0.1) is 25.1 Å². The van der Waals surface area contributed by atoms with E-state index in [4.69, 9.17) is 9.47 Å². The summed E-state index contributed by atoms with van der Waals surface area (Å²) in [5, 5.41) is 11.2. The molecule has 0 heterocycles. The second-order valence-corrected chi connectivity index (χ2v) is 6.03. The van der Waals surface area contributed by atoms with Gasteiger partial charge in [-0.3, -0.25) is 19.7 Å². The van der Waals surface area contributed by atoms with E-state index in [0.29, 0.717) is 6.54 Å². The van der Waals surface area contributed by atoms with Crippen molar-refractivity contribution < 1.29 is 24.0 Å². The van der Waals surface area contributed by atoms with Gasteiger partial charge in [0.25, 0.3) is 5.91 Å². The largest absolute Gasteiger partial charge is 0.490 e. The number of unbranched alkanes of at least 4 members (excludes halogenated alkanes) is 2. The summed E-state index contributed by atoms with van der Waals surface area (Å²) in [4.78, 5) is 36.7. The summed E-state index contributed by atoms with van der Waals surface area (Å²) < 4.78 is 9.69. The van der Waals surface area contributed by atoms with Crippen molar-refractivity contribution in [3.63, 3.8) is 0 Å². The molecule has 0 radical (unpaired) electrons. The highest BCUT2D eigenvalue weighted by molar-refractivity contribution is 5.95. The highest BCUT2D eigenvalue weighted by Crippen LogP contribution is 2.28. The predicted octanol–water partition coefficient (Wildman–Crippen LogP) is 3.04. The number of benzene rings is 1. The summed E-state index contributed by atoms with van der Waals surface area (Å²) >= 11 is 0. The first-order valence-electron chi connectivity index (χ1n) is 8.55. The molecular formula is C18H26N2O6. The number of nitrogens with zero attached hydrogens (tertiary/aromatic N) is 2. The highest BCUT2D eigenvalue weighted by Gasteiger charge is 2.25. The molecule has 1 aromatic carbocycles. The van der Waals surface area contributed by atoms with E-state index < -0.39 is 16.8 Å². The van der Waals surface area contributed by atoms with Gasteiger partial charge in [-0.25, -0.2) is 0 Å². The summed E-state index contributed by atoms with van der Waals surface area (Å²) in [7, 11) is 2.63. The minimum atomic E-state index is -0.589. The first-order valence-corrected chi connectivity index (χ1v) is 8.55. The molecule has 0 aliphatic carbocycles. The van der Waals surface area contributed by atoms with Crippen LogP contribution in [0.4, 0.5) is 5.69 Å². The van der Waals surface area contributed by atoms with Gasteiger partial charge in [0.1, 0.15) is 0 Å². The zero-order valence-electron chi connectivity index (χ0n) is 15.7. The first-order chi connectivity index (χ1) is 12.3. The third-order valence-electron chi connectivity index (χ3n) is 4.04. The molecule has 144 valence electrons. The Morgan fingerprint density at radius 2 is 1.96 bits per heavy atom. The Bertz CT molecular complexity index is 647. The van der Waals surface area contributed by atoms with Gasteiger partial charge in [0.2, 0.25) is 0 Å². The fourth-order valence-electron chi connectivity index (χ4n) is 2.58. The third-order valence-corrected chi connectivity index (χ3v) is 4.04. The average molecular weight is 366 g/mol. The molecule has 0 saturated carbocycles. The van der Waals surface area contributed by atoms with E-state index in [-0.39, 0.29) is 29.5 Å². The Balaban J connectivity index is 3.08. The van der Waals surface area contributed by atoms with Gasteiger partial charge in [0, 0.05) is 24.7 Å². The van der Waals surface area contributed by atoms with Crippen molar-refractivity contribution in [2.75, 3.05) is 27.3 Å². The number of nitro groups is 1. The fraction of sp³-hybridized carbons (Fsp3) is 0.556. The number of carbonyl (C=O) groups excluding carboxylic acids is 2. The van der Waals surface area contributed by atoms with Gasteiger partial charge in [-0.15, -0.1) is 0 Å². The maximum atomic E-state index is 12.9. The maximum Gasteiger partial charge on any atom is 0.311 e. The minimum Gasteiger partial charge on any atom is -0.490 e. The van der Waals surface area contributed by atoms with Crippen LogP contribution >= 0.6 is 0 Å². The molecule has 0 aliphatic heterocycles. The predicted molar refractivity (Wildman–Crippen MR) is 96.3 cm³/mol. The van der Waals surface area contributed by atoms with Crippen molar-refractivity contribution in [3.8, 4) is 5.75 Å². The number of ether oxygens (including phenoxy) is 2. The Morgan fingerprint density at radius 3 is 2.50 bits per heavy atom. The lowest BCUT2D eigenvalue weighted by atomic mass is 10.1. The number of esters is 1. The second-order valence-electron chi connectivity index (χ2n) is 6.03. The van der Waals surface area contributed by atoms with Crippen molar-refractivity contribution in [1.29, 1.82) is 0 Å². The third kappa shape index (κ3) is 5.72. The average Bonchev–Trinajstić information content (AvgIpc) is 2.65. The molecule has 0 N–H and O–H groups in total. The number of nitro benzene ring substituents is 1. The monoisotopic (exact) mass is 366 g/mol. The van der Waals surface area contributed by atoms with Crippen LogP contribution in [0, 0.1) is 16.0 Å². The second kappa shape index (κ2) is 10.4. The molecule has 1 rings (SSSR count). The van der Waals surface area contributed by atoms with Gasteiger partial charge in [-0.1, -0.05) is 26.7 Å². The molecule has 1 atom stereocenters. The molecule has 0 spiro atoms. The number of hydrogen-bond donors (Lipinski definition) is 0. The molecule has 0 saturated heterocycles. The molecule has 1 unspecified atom stereocenters. The van der Waals surface area contributed by atoms with Crippen LogP contribution in [0.25, 0.3) is 0 Å². The van der Waals surface area contributed by atoms with Gasteiger partial charge in [-0.2, -0.15) is 0 Å². The zero-order chi connectivity index (χ0) is 19.7. The Kier molecular flexibility index (Phi) is 8.54. The van der Waals surface area contributed by atoms with E-state index >= 15 is 0 Å². The van der Waals surface area contributed by atoms with Gasteiger partial charge < -0.3 is 14.4 Å². The van der Waals surface area contributed by atoms with E-state index in [1.807, 2.05) is 0 Å². The molecule has 8 heteroatoms. The maximum absolute atomic E-state index is 12.9. The molecule has 26 heavy (non-hydrogen) atoms. The molecule has 1 amide bonds. The lowest BCUT2D eigenvalue weighted by molar-refractivity contribution is -0.385. The first kappa shape index (κ1) is 21.4. The number of methoxy groups -OCH3 is 2. The Labute approximate surface area is 153 Å². The lowest BCUT2D eigenvalue weighted by Crippen LogP contribution is -2.38. The number of hydrogen-bond acceptors (Lipinski definition) is 6. The molecule has 0 fully saturated rings. The van der Waals surface area contributed by atoms with Crippen LogP contribution in [0.1, 0.15) is 43.5 Å². The van der Waals surface area contributed by atoms with E-state index in [1.165, 1.54) is 32.4 Å². The molecule has 1 aromatic rings.